The van der Waals surface area contributed by atoms with Gasteiger partial charge in [0.05, 0.1) is 24.0 Å². The van der Waals surface area contributed by atoms with Crippen molar-refractivity contribution in [3.63, 3.8) is 0 Å². The topological polar surface area (TPSA) is 110 Å². The van der Waals surface area contributed by atoms with E-state index in [4.69, 9.17) is 0 Å². The molecule has 1 aliphatic carbocycles. The molecule has 192 valence electrons. The van der Waals surface area contributed by atoms with Gasteiger partial charge in [-0.2, -0.15) is 4.99 Å². The fourth-order valence-corrected chi connectivity index (χ4v) is 6.02. The van der Waals surface area contributed by atoms with Crippen LogP contribution in [0.3, 0.4) is 0 Å². The van der Waals surface area contributed by atoms with E-state index in [0.29, 0.717) is 38.0 Å². The molecule has 0 radical (unpaired) electrons. The number of carbonyl (C=O) groups is 1. The molecule has 0 atom stereocenters. The molecule has 2 aliphatic heterocycles. The van der Waals surface area contributed by atoms with Crippen molar-refractivity contribution in [1.29, 1.82) is 0 Å². The Morgan fingerprint density at radius 3 is 2.56 bits per heavy atom. The minimum Gasteiger partial charge on any atom is -0.465 e. The van der Waals surface area contributed by atoms with Crippen LogP contribution in [0.25, 0.3) is 5.57 Å². The fraction of sp³-hybridized carbons (Fsp3) is 0.520. The highest BCUT2D eigenvalue weighted by Gasteiger charge is 2.37. The lowest BCUT2D eigenvalue weighted by molar-refractivity contribution is 0.0845. The average molecular weight is 558 g/mol. The molecule has 0 bridgehead atoms. The number of hydrogen-bond donors (Lipinski definition) is 2. The Morgan fingerprint density at radius 1 is 1.17 bits per heavy atom. The van der Waals surface area contributed by atoms with Gasteiger partial charge in [-0.3, -0.25) is 4.90 Å². The molecule has 10 nitrogen and oxygen atoms in total. The van der Waals surface area contributed by atoms with E-state index >= 15 is 0 Å². The molecule has 1 amide bonds. The molecular weight excluding hydrogens is 526 g/mol. The molecule has 2 N–H and O–H groups in total. The molecule has 11 heteroatoms. The molecule has 0 unspecified atom stereocenters. The highest BCUT2D eigenvalue weighted by molar-refractivity contribution is 9.11. The molecular formula is C25H32BrN7O3. The number of allylic oxidation sites excluding steroid dienone is 1. The van der Waals surface area contributed by atoms with Gasteiger partial charge in [-0.15, -0.1) is 4.73 Å². The summed E-state index contributed by atoms with van der Waals surface area (Å²) in [5.74, 6) is 1.17. The number of nitrogens with zero attached hydrogens (tertiary/aromatic N) is 7. The van der Waals surface area contributed by atoms with Crippen LogP contribution < -0.4 is 15.4 Å². The minimum atomic E-state index is -0.897. The van der Waals surface area contributed by atoms with Crippen molar-refractivity contribution in [1.82, 2.24) is 19.6 Å². The Labute approximate surface area is 218 Å². The molecule has 5 rings (SSSR count). The first-order valence-corrected chi connectivity index (χ1v) is 13.1. The van der Waals surface area contributed by atoms with Gasteiger partial charge in [-0.1, -0.05) is 28.8 Å². The number of piperazine rings is 1. The Morgan fingerprint density at radius 2 is 1.92 bits per heavy atom. The van der Waals surface area contributed by atoms with Crippen molar-refractivity contribution in [2.45, 2.75) is 58.0 Å². The zero-order chi connectivity index (χ0) is 25.6. The zero-order valence-electron chi connectivity index (χ0n) is 20.9. The average Bonchev–Trinajstić information content (AvgIpc) is 3.37. The van der Waals surface area contributed by atoms with E-state index in [9.17, 15) is 15.1 Å². The maximum atomic E-state index is 11.5. The van der Waals surface area contributed by atoms with Gasteiger partial charge in [0.15, 0.2) is 11.6 Å². The summed E-state index contributed by atoms with van der Waals surface area (Å²) in [5, 5.41) is 20.7. The normalized spacial score (nSPS) is 20.8. The third kappa shape index (κ3) is 4.44. The second-order valence-corrected chi connectivity index (χ2v) is 11.3. The molecule has 4 heterocycles. The minimum absolute atomic E-state index is 0.180. The van der Waals surface area contributed by atoms with E-state index in [-0.39, 0.29) is 5.62 Å². The van der Waals surface area contributed by atoms with Crippen molar-refractivity contribution < 1.29 is 15.1 Å². The monoisotopic (exact) mass is 557 g/mol. The number of pyridine rings is 1. The molecule has 1 saturated carbocycles. The summed E-state index contributed by atoms with van der Waals surface area (Å²) in [6, 6.07) is 4.10. The second kappa shape index (κ2) is 9.42. The summed E-state index contributed by atoms with van der Waals surface area (Å²) in [4.78, 5) is 30.9. The van der Waals surface area contributed by atoms with Gasteiger partial charge in [0.2, 0.25) is 0 Å². The van der Waals surface area contributed by atoms with Gasteiger partial charge in [-0.05, 0) is 51.3 Å². The SMILES string of the molecule is CC1=C(Br)CN(C2CCCC2)c2c1cnc(=Nc1ccc(N3CCN(C(=O)O)C(C)(C)C3)cn1)n2O. The standard InChI is InChI=1S/C25H32BrN7O3/c1-16-19-13-28-23(33(36)22(19)31(14-20(16)26)17-6-4-5-7-17)29-21-9-8-18(12-27-21)30-10-11-32(24(34)35)25(2,3)15-30/h8-9,12-13,17,36H,4-7,10-11,14-15H2,1-3H3,(H,34,35). The van der Waals surface area contributed by atoms with Crippen LogP contribution in [-0.2, 0) is 0 Å². The third-order valence-corrected chi connectivity index (χ3v) is 8.39. The number of amides is 1. The van der Waals surface area contributed by atoms with Crippen LogP contribution in [0.5, 0.6) is 0 Å². The number of carboxylic acid groups (broad SMARTS) is 1. The van der Waals surface area contributed by atoms with E-state index in [1.165, 1.54) is 17.7 Å². The number of rotatable bonds is 3. The number of fused-ring (bicyclic) bond motifs is 1. The van der Waals surface area contributed by atoms with Gasteiger partial charge < -0.3 is 20.1 Å². The lowest BCUT2D eigenvalue weighted by atomic mass is 9.99. The molecule has 2 aromatic rings. The summed E-state index contributed by atoms with van der Waals surface area (Å²) in [6.45, 7) is 8.19. The van der Waals surface area contributed by atoms with Crippen molar-refractivity contribution in [2.24, 2.45) is 4.99 Å². The summed E-state index contributed by atoms with van der Waals surface area (Å²) in [6.07, 6.45) is 7.22. The first-order chi connectivity index (χ1) is 17.2. The van der Waals surface area contributed by atoms with Crippen LogP contribution in [0.1, 0.15) is 52.0 Å². The highest BCUT2D eigenvalue weighted by Crippen LogP contribution is 2.39. The molecule has 1 saturated heterocycles. The van der Waals surface area contributed by atoms with Gasteiger partial charge in [0.25, 0.3) is 5.62 Å². The van der Waals surface area contributed by atoms with E-state index in [0.717, 1.165) is 44.7 Å². The van der Waals surface area contributed by atoms with Gasteiger partial charge in [0.1, 0.15) is 0 Å². The van der Waals surface area contributed by atoms with Crippen molar-refractivity contribution in [2.75, 3.05) is 36.0 Å². The second-order valence-electron chi connectivity index (χ2n) is 10.4. The number of halogens is 1. The quantitative estimate of drug-likeness (QED) is 0.543. The van der Waals surface area contributed by atoms with Gasteiger partial charge >= 0.3 is 6.09 Å². The molecule has 3 aliphatic rings. The predicted octanol–water partition coefficient (Wildman–Crippen LogP) is 4.21. The van der Waals surface area contributed by atoms with Crippen LogP contribution in [0, 0.1) is 0 Å². The summed E-state index contributed by atoms with van der Waals surface area (Å²) >= 11 is 3.71. The smallest absolute Gasteiger partial charge is 0.407 e. The van der Waals surface area contributed by atoms with Crippen LogP contribution >= 0.6 is 15.9 Å². The largest absolute Gasteiger partial charge is 0.465 e. The van der Waals surface area contributed by atoms with Crippen molar-refractivity contribution >= 4 is 44.9 Å². The summed E-state index contributed by atoms with van der Waals surface area (Å²) in [5.41, 5.74) is 2.54. The predicted molar refractivity (Wildman–Crippen MR) is 141 cm³/mol. The Balaban J connectivity index is 1.43. The third-order valence-electron chi connectivity index (χ3n) is 7.54. The lowest BCUT2D eigenvalue weighted by Gasteiger charge is -2.46. The van der Waals surface area contributed by atoms with Crippen LogP contribution in [0.4, 0.5) is 22.1 Å². The highest BCUT2D eigenvalue weighted by atomic mass is 79.9. The molecule has 2 fully saturated rings. The van der Waals surface area contributed by atoms with Gasteiger partial charge in [0, 0.05) is 41.9 Å². The van der Waals surface area contributed by atoms with Crippen molar-refractivity contribution in [3.8, 4) is 0 Å². The van der Waals surface area contributed by atoms with Crippen LogP contribution in [0.15, 0.2) is 34.0 Å². The molecule has 2 aromatic heterocycles. The first kappa shape index (κ1) is 24.6. The maximum absolute atomic E-state index is 11.5. The number of aromatic nitrogens is 3. The van der Waals surface area contributed by atoms with Crippen molar-refractivity contribution in [3.05, 3.63) is 40.2 Å². The number of anilines is 2. The Hall–Kier alpha value is -3.08. The van der Waals surface area contributed by atoms with E-state index < -0.39 is 11.6 Å². The van der Waals surface area contributed by atoms with E-state index in [1.54, 1.807) is 18.5 Å². The molecule has 0 spiro atoms. The lowest BCUT2D eigenvalue weighted by Crippen LogP contribution is -2.60. The summed E-state index contributed by atoms with van der Waals surface area (Å²) in [7, 11) is 0. The van der Waals surface area contributed by atoms with E-state index in [1.807, 2.05) is 26.8 Å². The summed E-state index contributed by atoms with van der Waals surface area (Å²) < 4.78 is 2.21. The molecule has 36 heavy (non-hydrogen) atoms. The Bertz CT molecular complexity index is 1270. The van der Waals surface area contributed by atoms with E-state index in [2.05, 4.69) is 40.7 Å². The number of hydrogen-bond acceptors (Lipinski definition) is 7. The Kier molecular flexibility index (Phi) is 6.44. The fourth-order valence-electron chi connectivity index (χ4n) is 5.53. The van der Waals surface area contributed by atoms with Crippen LogP contribution in [-0.4, -0.2) is 73.8 Å². The zero-order valence-corrected chi connectivity index (χ0v) is 22.4. The van der Waals surface area contributed by atoms with Crippen LogP contribution in [0.2, 0.25) is 0 Å². The first-order valence-electron chi connectivity index (χ1n) is 12.4. The molecule has 0 aromatic carbocycles. The van der Waals surface area contributed by atoms with Gasteiger partial charge in [-0.25, -0.2) is 14.8 Å². The maximum Gasteiger partial charge on any atom is 0.407 e.